The van der Waals surface area contributed by atoms with E-state index in [-0.39, 0.29) is 11.8 Å². The molecule has 1 aliphatic heterocycles. The maximum atomic E-state index is 13.5. The van der Waals surface area contributed by atoms with Crippen LogP contribution < -0.4 is 19.9 Å². The number of ether oxygens (including phenoxy) is 2. The third-order valence-electron chi connectivity index (χ3n) is 6.29. The Balaban J connectivity index is 1.39. The van der Waals surface area contributed by atoms with Crippen LogP contribution in [0.4, 0.5) is 17.1 Å². The van der Waals surface area contributed by atoms with E-state index >= 15 is 0 Å². The molecule has 5 rings (SSSR count). The van der Waals surface area contributed by atoms with Crippen molar-refractivity contribution in [1.82, 2.24) is 9.97 Å². The number of methoxy groups -OCH3 is 1. The summed E-state index contributed by atoms with van der Waals surface area (Å²) in [5.41, 5.74) is 4.58. The van der Waals surface area contributed by atoms with Crippen LogP contribution in [0.15, 0.2) is 67.0 Å². The summed E-state index contributed by atoms with van der Waals surface area (Å²) in [5, 5.41) is 2.89. The molecule has 2 N–H and O–H groups in total. The molecule has 0 atom stereocenters. The van der Waals surface area contributed by atoms with Gasteiger partial charge in [0.2, 0.25) is 0 Å². The number of H-pyrrole nitrogens is 1. The molecular weight excluding hydrogens is 458 g/mol. The van der Waals surface area contributed by atoms with E-state index in [1.165, 1.54) is 7.11 Å². The van der Waals surface area contributed by atoms with Gasteiger partial charge in [-0.1, -0.05) is 18.2 Å². The number of anilines is 3. The monoisotopic (exact) mass is 485 g/mol. The van der Waals surface area contributed by atoms with Crippen LogP contribution in [0.1, 0.15) is 20.7 Å². The first-order chi connectivity index (χ1) is 17.6. The number of carbonyl (C=O) groups excluding carboxylic acids is 2. The first-order valence-corrected chi connectivity index (χ1v) is 11.7. The number of fused-ring (bicyclic) bond motifs is 1. The summed E-state index contributed by atoms with van der Waals surface area (Å²) in [6.07, 6.45) is 1.58. The Bertz CT molecular complexity index is 1410. The van der Waals surface area contributed by atoms with Gasteiger partial charge in [0.25, 0.3) is 11.8 Å². The lowest BCUT2D eigenvalue weighted by atomic mass is 10.1. The van der Waals surface area contributed by atoms with Crippen molar-refractivity contribution < 1.29 is 19.1 Å². The number of amides is 2. The lowest BCUT2D eigenvalue weighted by Gasteiger charge is -2.32. The molecule has 1 fully saturated rings. The summed E-state index contributed by atoms with van der Waals surface area (Å²) in [7, 11) is 3.23. The van der Waals surface area contributed by atoms with E-state index in [2.05, 4.69) is 20.2 Å². The Morgan fingerprint density at radius 2 is 1.89 bits per heavy atom. The van der Waals surface area contributed by atoms with Crippen molar-refractivity contribution in [2.24, 2.45) is 0 Å². The molecular formula is C27H27N5O4. The van der Waals surface area contributed by atoms with Crippen LogP contribution in [0.2, 0.25) is 0 Å². The maximum Gasteiger partial charge on any atom is 0.259 e. The highest BCUT2D eigenvalue weighted by Crippen LogP contribution is 2.31. The van der Waals surface area contributed by atoms with E-state index in [1.54, 1.807) is 42.5 Å². The summed E-state index contributed by atoms with van der Waals surface area (Å²) < 4.78 is 11.0. The van der Waals surface area contributed by atoms with Crippen LogP contribution >= 0.6 is 0 Å². The van der Waals surface area contributed by atoms with E-state index in [0.29, 0.717) is 41.3 Å². The molecule has 9 nitrogen and oxygen atoms in total. The molecule has 0 spiro atoms. The van der Waals surface area contributed by atoms with E-state index in [1.807, 2.05) is 36.4 Å². The fraction of sp³-hybridized carbons (Fsp3) is 0.222. The van der Waals surface area contributed by atoms with Crippen molar-refractivity contribution >= 4 is 39.9 Å². The zero-order valence-corrected chi connectivity index (χ0v) is 20.2. The number of aromatic nitrogens is 2. The first-order valence-electron chi connectivity index (χ1n) is 11.7. The van der Waals surface area contributed by atoms with E-state index < -0.39 is 0 Å². The van der Waals surface area contributed by atoms with Crippen LogP contribution in [0, 0.1) is 0 Å². The fourth-order valence-corrected chi connectivity index (χ4v) is 4.39. The Kier molecular flexibility index (Phi) is 6.55. The summed E-state index contributed by atoms with van der Waals surface area (Å²) in [6.45, 7) is 2.84. The number of nitrogens with one attached hydrogen (secondary N) is 2. The molecule has 184 valence electrons. The van der Waals surface area contributed by atoms with E-state index in [4.69, 9.17) is 9.47 Å². The number of morpholine rings is 1. The molecule has 0 unspecified atom stereocenters. The number of carbonyl (C=O) groups is 2. The number of aromatic amines is 1. The van der Waals surface area contributed by atoms with Crippen LogP contribution in [-0.4, -0.2) is 62.2 Å². The van der Waals surface area contributed by atoms with Gasteiger partial charge in [0.1, 0.15) is 11.3 Å². The largest absolute Gasteiger partial charge is 0.496 e. The maximum absolute atomic E-state index is 13.5. The van der Waals surface area contributed by atoms with Gasteiger partial charge in [-0.25, -0.2) is 4.98 Å². The summed E-state index contributed by atoms with van der Waals surface area (Å²) in [4.78, 5) is 37.7. The number of imidazole rings is 1. The highest BCUT2D eigenvalue weighted by molar-refractivity contribution is 6.11. The lowest BCUT2D eigenvalue weighted by Crippen LogP contribution is -2.38. The zero-order chi connectivity index (χ0) is 25.1. The van der Waals surface area contributed by atoms with Crippen molar-refractivity contribution in [2.45, 2.75) is 0 Å². The van der Waals surface area contributed by atoms with Crippen LogP contribution in [0.25, 0.3) is 11.0 Å². The molecule has 36 heavy (non-hydrogen) atoms. The van der Waals surface area contributed by atoms with Gasteiger partial charge in [0, 0.05) is 25.7 Å². The van der Waals surface area contributed by atoms with E-state index in [0.717, 1.165) is 30.0 Å². The SMILES string of the molecule is COc1cc(C(=O)N(C)c2ccccc2N2CCOCC2)ccc1C(=O)Nc1cccc2[nH]cnc12. The minimum Gasteiger partial charge on any atom is -0.496 e. The predicted octanol–water partition coefficient (Wildman–Crippen LogP) is 3.94. The first kappa shape index (κ1) is 23.4. The van der Waals surface area contributed by atoms with E-state index in [9.17, 15) is 9.59 Å². The Labute approximate surface area is 208 Å². The van der Waals surface area contributed by atoms with Gasteiger partial charge in [0.15, 0.2) is 0 Å². The quantitative estimate of drug-likeness (QED) is 0.429. The minimum atomic E-state index is -0.354. The van der Waals surface area contributed by atoms with Gasteiger partial charge < -0.3 is 29.6 Å². The second-order valence-corrected chi connectivity index (χ2v) is 8.43. The van der Waals surface area contributed by atoms with Gasteiger partial charge >= 0.3 is 0 Å². The molecule has 0 bridgehead atoms. The predicted molar refractivity (Wildman–Crippen MR) is 139 cm³/mol. The average Bonchev–Trinajstić information content (AvgIpc) is 3.42. The van der Waals surface area contributed by atoms with Crippen molar-refractivity contribution in [3.05, 3.63) is 78.1 Å². The molecule has 0 radical (unpaired) electrons. The normalized spacial score (nSPS) is 13.4. The van der Waals surface area contributed by atoms with Crippen LogP contribution in [0.5, 0.6) is 5.75 Å². The lowest BCUT2D eigenvalue weighted by molar-refractivity contribution is 0.0987. The number of benzene rings is 3. The van der Waals surface area contributed by atoms with Crippen molar-refractivity contribution in [2.75, 3.05) is 55.6 Å². The molecule has 4 aromatic rings. The fourth-order valence-electron chi connectivity index (χ4n) is 4.39. The van der Waals surface area contributed by atoms with Crippen LogP contribution in [0.3, 0.4) is 0 Å². The Morgan fingerprint density at radius 1 is 1.08 bits per heavy atom. The van der Waals surface area contributed by atoms with Gasteiger partial charge in [0.05, 0.1) is 54.8 Å². The number of hydrogen-bond donors (Lipinski definition) is 2. The second-order valence-electron chi connectivity index (χ2n) is 8.43. The summed E-state index contributed by atoms with van der Waals surface area (Å²) >= 11 is 0. The van der Waals surface area contributed by atoms with Crippen molar-refractivity contribution in [3.8, 4) is 5.75 Å². The summed E-state index contributed by atoms with van der Waals surface area (Å²) in [5.74, 6) is -0.253. The Morgan fingerprint density at radius 3 is 2.69 bits per heavy atom. The van der Waals surface area contributed by atoms with Crippen LogP contribution in [-0.2, 0) is 4.74 Å². The molecule has 0 aliphatic carbocycles. The molecule has 1 saturated heterocycles. The highest BCUT2D eigenvalue weighted by Gasteiger charge is 2.23. The standard InChI is InChI=1S/C27H27N5O4/c1-31(22-8-3-4-9-23(22)32-12-14-36-15-13-32)27(34)18-10-11-19(24(16-18)35-2)26(33)30-21-7-5-6-20-25(21)29-17-28-20/h3-11,16-17H,12-15H2,1-2H3,(H,28,29)(H,30,33). The molecule has 1 aromatic heterocycles. The molecule has 9 heteroatoms. The molecule has 2 amide bonds. The minimum absolute atomic E-state index is 0.206. The zero-order valence-electron chi connectivity index (χ0n) is 20.2. The molecule has 0 saturated carbocycles. The van der Waals surface area contributed by atoms with Gasteiger partial charge in [-0.15, -0.1) is 0 Å². The second kappa shape index (κ2) is 10.1. The third kappa shape index (κ3) is 4.48. The molecule has 3 aromatic carbocycles. The van der Waals surface area contributed by atoms with Crippen molar-refractivity contribution in [3.63, 3.8) is 0 Å². The Hall–Kier alpha value is -4.37. The topological polar surface area (TPSA) is 99.8 Å². The van der Waals surface area contributed by atoms with Gasteiger partial charge in [-0.2, -0.15) is 0 Å². The average molecular weight is 486 g/mol. The number of hydrogen-bond acceptors (Lipinski definition) is 6. The van der Waals surface area contributed by atoms with Crippen molar-refractivity contribution in [1.29, 1.82) is 0 Å². The number of nitrogens with zero attached hydrogens (tertiary/aromatic N) is 3. The smallest absolute Gasteiger partial charge is 0.259 e. The third-order valence-corrected chi connectivity index (χ3v) is 6.29. The number of rotatable bonds is 6. The molecule has 2 heterocycles. The molecule has 1 aliphatic rings. The highest BCUT2D eigenvalue weighted by atomic mass is 16.5. The number of para-hydroxylation sites is 3. The van der Waals surface area contributed by atoms with Gasteiger partial charge in [-0.3, -0.25) is 9.59 Å². The van der Waals surface area contributed by atoms with Gasteiger partial charge in [-0.05, 0) is 42.5 Å². The summed E-state index contributed by atoms with van der Waals surface area (Å²) in [6, 6.07) is 18.2.